The number of benzene rings is 1. The van der Waals surface area contributed by atoms with E-state index >= 15 is 0 Å². The number of nitrogens with one attached hydrogen (secondary N) is 1. The Labute approximate surface area is 144 Å². The molecule has 0 bridgehead atoms. The molecule has 1 aromatic carbocycles. The number of hydrogen-bond donors (Lipinski definition) is 2. The summed E-state index contributed by atoms with van der Waals surface area (Å²) in [6, 6.07) is 11.6. The lowest BCUT2D eigenvalue weighted by molar-refractivity contribution is 0.410. The Balaban J connectivity index is 1.66. The standard InChI is InChI=1S/C17H17N5OS/c1-23-15-5-3-2-4-13(15)10-20-16(18)22-17-21-14(11-24-17)12-6-8-19-9-7-12/h2-9,11H,10H2,1H3,(H3,18,20,21,22). The van der Waals surface area contributed by atoms with Crippen LogP contribution in [0.25, 0.3) is 11.3 Å². The lowest BCUT2D eigenvalue weighted by Crippen LogP contribution is -2.22. The zero-order valence-corrected chi connectivity index (χ0v) is 14.0. The van der Waals surface area contributed by atoms with Gasteiger partial charge >= 0.3 is 0 Å². The van der Waals surface area contributed by atoms with Crippen molar-refractivity contribution in [1.29, 1.82) is 0 Å². The number of pyridine rings is 1. The Morgan fingerprint density at radius 2 is 2.04 bits per heavy atom. The van der Waals surface area contributed by atoms with Gasteiger partial charge in [-0.05, 0) is 18.2 Å². The zero-order chi connectivity index (χ0) is 16.8. The van der Waals surface area contributed by atoms with Crippen LogP contribution in [0.2, 0.25) is 0 Å². The molecular formula is C17H17N5OS. The van der Waals surface area contributed by atoms with Gasteiger partial charge in [0.2, 0.25) is 0 Å². The Hall–Kier alpha value is -2.93. The van der Waals surface area contributed by atoms with Gasteiger partial charge in [-0.1, -0.05) is 18.2 Å². The van der Waals surface area contributed by atoms with Crippen molar-refractivity contribution in [2.24, 2.45) is 10.7 Å². The highest BCUT2D eigenvalue weighted by Crippen LogP contribution is 2.24. The van der Waals surface area contributed by atoms with Crippen molar-refractivity contribution in [3.05, 3.63) is 59.7 Å². The average molecular weight is 339 g/mol. The van der Waals surface area contributed by atoms with E-state index in [-0.39, 0.29) is 0 Å². The summed E-state index contributed by atoms with van der Waals surface area (Å²) < 4.78 is 5.30. The number of aliphatic imine (C=N–C) groups is 1. The van der Waals surface area contributed by atoms with Gasteiger partial charge in [-0.15, -0.1) is 11.3 Å². The minimum Gasteiger partial charge on any atom is -0.496 e. The summed E-state index contributed by atoms with van der Waals surface area (Å²) in [5, 5.41) is 5.68. The predicted molar refractivity (Wildman–Crippen MR) is 97.3 cm³/mol. The van der Waals surface area contributed by atoms with Gasteiger partial charge < -0.3 is 15.8 Å². The van der Waals surface area contributed by atoms with E-state index in [0.29, 0.717) is 17.6 Å². The number of methoxy groups -OCH3 is 1. The highest BCUT2D eigenvalue weighted by Gasteiger charge is 2.06. The third-order valence-electron chi connectivity index (χ3n) is 3.33. The van der Waals surface area contributed by atoms with Crippen LogP contribution in [0, 0.1) is 0 Å². The van der Waals surface area contributed by atoms with Crippen molar-refractivity contribution in [2.45, 2.75) is 6.54 Å². The van der Waals surface area contributed by atoms with Gasteiger partial charge in [0.05, 0.1) is 19.3 Å². The van der Waals surface area contributed by atoms with Gasteiger partial charge in [-0.2, -0.15) is 0 Å². The first-order chi connectivity index (χ1) is 11.8. The van der Waals surface area contributed by atoms with E-state index in [0.717, 1.165) is 22.6 Å². The molecule has 2 heterocycles. The van der Waals surface area contributed by atoms with E-state index in [1.54, 1.807) is 19.5 Å². The fraction of sp³-hybridized carbons (Fsp3) is 0.118. The largest absolute Gasteiger partial charge is 0.496 e. The topological polar surface area (TPSA) is 85.4 Å². The monoisotopic (exact) mass is 339 g/mol. The lowest BCUT2D eigenvalue weighted by Gasteiger charge is -2.06. The summed E-state index contributed by atoms with van der Waals surface area (Å²) in [4.78, 5) is 12.8. The minimum atomic E-state index is 0.316. The maximum atomic E-state index is 5.95. The average Bonchev–Trinajstić information content (AvgIpc) is 3.09. The maximum absolute atomic E-state index is 5.95. The van der Waals surface area contributed by atoms with Crippen molar-refractivity contribution < 1.29 is 4.74 Å². The van der Waals surface area contributed by atoms with Crippen LogP contribution in [0.1, 0.15) is 5.56 Å². The van der Waals surface area contributed by atoms with Crippen LogP contribution in [-0.2, 0) is 6.54 Å². The fourth-order valence-electron chi connectivity index (χ4n) is 2.14. The number of nitrogens with two attached hydrogens (primary N) is 1. The molecule has 0 amide bonds. The number of nitrogens with zero attached hydrogens (tertiary/aromatic N) is 3. The van der Waals surface area contributed by atoms with E-state index in [2.05, 4.69) is 20.3 Å². The Morgan fingerprint density at radius 3 is 2.83 bits per heavy atom. The van der Waals surface area contributed by atoms with Gasteiger partial charge in [-0.25, -0.2) is 9.98 Å². The van der Waals surface area contributed by atoms with E-state index in [4.69, 9.17) is 10.5 Å². The molecule has 0 radical (unpaired) electrons. The molecule has 122 valence electrons. The SMILES string of the molecule is COc1ccccc1CN=C(N)Nc1nc(-c2ccncc2)cs1. The van der Waals surface area contributed by atoms with Gasteiger partial charge in [0.25, 0.3) is 0 Å². The number of anilines is 1. The van der Waals surface area contributed by atoms with Crippen molar-refractivity contribution in [1.82, 2.24) is 9.97 Å². The van der Waals surface area contributed by atoms with Crippen LogP contribution in [0.3, 0.4) is 0 Å². The third-order valence-corrected chi connectivity index (χ3v) is 4.09. The van der Waals surface area contributed by atoms with Crippen LogP contribution in [0.4, 0.5) is 5.13 Å². The Bertz CT molecular complexity index is 832. The second kappa shape index (κ2) is 7.56. The number of thiazole rings is 1. The van der Waals surface area contributed by atoms with Crippen LogP contribution in [0.15, 0.2) is 59.2 Å². The van der Waals surface area contributed by atoms with Crippen molar-refractivity contribution in [2.75, 3.05) is 12.4 Å². The number of aromatic nitrogens is 2. The predicted octanol–water partition coefficient (Wildman–Crippen LogP) is 3.14. The number of para-hydroxylation sites is 1. The minimum absolute atomic E-state index is 0.316. The number of rotatable bonds is 5. The van der Waals surface area contributed by atoms with Crippen LogP contribution in [0.5, 0.6) is 5.75 Å². The molecule has 3 aromatic rings. The summed E-state index contributed by atoms with van der Waals surface area (Å²) >= 11 is 1.47. The zero-order valence-electron chi connectivity index (χ0n) is 13.1. The molecule has 0 aliphatic carbocycles. The molecule has 3 rings (SSSR count). The molecule has 0 spiro atoms. The second-order valence-corrected chi connectivity index (χ2v) is 5.77. The van der Waals surface area contributed by atoms with E-state index in [1.165, 1.54) is 11.3 Å². The number of hydrogen-bond acceptors (Lipinski definition) is 5. The molecule has 0 saturated carbocycles. The highest BCUT2D eigenvalue weighted by molar-refractivity contribution is 7.14. The maximum Gasteiger partial charge on any atom is 0.195 e. The molecule has 0 aliphatic heterocycles. The molecular weight excluding hydrogens is 322 g/mol. The number of ether oxygens (including phenoxy) is 1. The van der Waals surface area contributed by atoms with Crippen LogP contribution >= 0.6 is 11.3 Å². The quantitative estimate of drug-likeness (QED) is 0.551. The fourth-order valence-corrected chi connectivity index (χ4v) is 2.87. The number of guanidine groups is 1. The van der Waals surface area contributed by atoms with Gasteiger partial charge in [0.1, 0.15) is 5.75 Å². The molecule has 0 saturated heterocycles. The smallest absolute Gasteiger partial charge is 0.195 e. The molecule has 7 heteroatoms. The normalized spacial score (nSPS) is 11.3. The summed E-state index contributed by atoms with van der Waals surface area (Å²) in [5.74, 6) is 1.11. The van der Waals surface area contributed by atoms with Crippen LogP contribution in [-0.4, -0.2) is 23.0 Å². The molecule has 0 atom stereocenters. The van der Waals surface area contributed by atoms with E-state index in [9.17, 15) is 0 Å². The van der Waals surface area contributed by atoms with E-state index in [1.807, 2.05) is 41.8 Å². The molecule has 6 nitrogen and oxygen atoms in total. The first-order valence-corrected chi connectivity index (χ1v) is 8.19. The summed E-state index contributed by atoms with van der Waals surface area (Å²) in [5.41, 5.74) is 8.81. The van der Waals surface area contributed by atoms with Crippen molar-refractivity contribution >= 4 is 22.4 Å². The summed E-state index contributed by atoms with van der Waals surface area (Å²) in [6.45, 7) is 0.436. The van der Waals surface area contributed by atoms with Gasteiger partial charge in [-0.3, -0.25) is 4.98 Å². The molecule has 0 fully saturated rings. The summed E-state index contributed by atoms with van der Waals surface area (Å²) in [6.07, 6.45) is 3.48. The molecule has 0 unspecified atom stereocenters. The van der Waals surface area contributed by atoms with Crippen molar-refractivity contribution in [3.63, 3.8) is 0 Å². The third kappa shape index (κ3) is 3.88. The van der Waals surface area contributed by atoms with Gasteiger partial charge in [0, 0.05) is 28.9 Å². The summed E-state index contributed by atoms with van der Waals surface area (Å²) in [7, 11) is 1.64. The first kappa shape index (κ1) is 15.9. The first-order valence-electron chi connectivity index (χ1n) is 7.31. The van der Waals surface area contributed by atoms with E-state index < -0.39 is 0 Å². The molecule has 24 heavy (non-hydrogen) atoms. The van der Waals surface area contributed by atoms with Crippen LogP contribution < -0.4 is 15.8 Å². The lowest BCUT2D eigenvalue weighted by atomic mass is 10.2. The van der Waals surface area contributed by atoms with Gasteiger partial charge in [0.15, 0.2) is 11.1 Å². The Morgan fingerprint density at radius 1 is 1.25 bits per heavy atom. The highest BCUT2D eigenvalue weighted by atomic mass is 32.1. The Kier molecular flexibility index (Phi) is 5.02. The second-order valence-electron chi connectivity index (χ2n) is 4.91. The molecule has 0 aliphatic rings. The molecule has 2 aromatic heterocycles. The van der Waals surface area contributed by atoms with Crippen molar-refractivity contribution in [3.8, 4) is 17.0 Å². The molecule has 3 N–H and O–H groups in total.